The number of hydrogen-bond acceptors (Lipinski definition) is 6. The van der Waals surface area contributed by atoms with Crippen LogP contribution in [0.5, 0.6) is 0 Å². The number of nitrogens with zero attached hydrogens (tertiary/aromatic N) is 5. The van der Waals surface area contributed by atoms with Gasteiger partial charge in [0.05, 0.1) is 12.1 Å². The molecule has 2 aromatic rings. The summed E-state index contributed by atoms with van der Waals surface area (Å²) in [6.45, 7) is 18.2. The number of urea groups is 1. The predicted octanol–water partition coefficient (Wildman–Crippen LogP) is 6.84. The van der Waals surface area contributed by atoms with Crippen molar-refractivity contribution >= 4 is 41.0 Å². The Morgan fingerprint density at radius 3 is 2.38 bits per heavy atom. The van der Waals surface area contributed by atoms with Crippen molar-refractivity contribution in [2.24, 2.45) is 5.41 Å². The number of amides is 4. The number of hydrogen-bond donors (Lipinski definition) is 1. The van der Waals surface area contributed by atoms with Crippen LogP contribution in [0.25, 0.3) is 0 Å². The van der Waals surface area contributed by atoms with Gasteiger partial charge in [-0.15, -0.1) is 11.8 Å². The molecular weight excluding hydrogens is 652 g/mol. The molecule has 0 spiro atoms. The van der Waals surface area contributed by atoms with E-state index in [0.29, 0.717) is 50.7 Å². The summed E-state index contributed by atoms with van der Waals surface area (Å²) in [4.78, 5) is 51.8. The summed E-state index contributed by atoms with van der Waals surface area (Å²) in [7, 11) is 0. The minimum atomic E-state index is -0.979. The zero-order valence-corrected chi connectivity index (χ0v) is 31.5. The van der Waals surface area contributed by atoms with E-state index >= 15 is 4.39 Å². The van der Waals surface area contributed by atoms with Crippen LogP contribution in [0.3, 0.4) is 0 Å². The summed E-state index contributed by atoms with van der Waals surface area (Å²) < 4.78 is 14.8. The fourth-order valence-corrected chi connectivity index (χ4v) is 9.45. The summed E-state index contributed by atoms with van der Waals surface area (Å²) in [5.74, 6) is -0.361. The number of carbonyl (C=O) groups is 3. The molecule has 3 saturated heterocycles. The van der Waals surface area contributed by atoms with E-state index in [0.717, 1.165) is 55.8 Å². The molecule has 1 N–H and O–H groups in total. The van der Waals surface area contributed by atoms with Crippen molar-refractivity contribution in [1.29, 1.82) is 0 Å². The van der Waals surface area contributed by atoms with Gasteiger partial charge in [0.2, 0.25) is 11.8 Å². The van der Waals surface area contributed by atoms with Gasteiger partial charge in [0.15, 0.2) is 0 Å². The second kappa shape index (κ2) is 14.7. The number of likely N-dealkylation sites (tertiary alicyclic amines) is 1. The van der Waals surface area contributed by atoms with Crippen molar-refractivity contribution in [2.75, 3.05) is 62.6 Å². The molecule has 274 valence electrons. The molecular formula is C39H57FN6O3S. The lowest BCUT2D eigenvalue weighted by Crippen LogP contribution is -2.51. The van der Waals surface area contributed by atoms with Gasteiger partial charge in [-0.05, 0) is 69.6 Å². The molecule has 11 heteroatoms. The first-order valence-corrected chi connectivity index (χ1v) is 19.3. The van der Waals surface area contributed by atoms with Gasteiger partial charge in [-0.3, -0.25) is 14.5 Å². The average molecular weight is 709 g/mol. The molecule has 3 fully saturated rings. The van der Waals surface area contributed by atoms with E-state index in [1.807, 2.05) is 45.9 Å². The number of anilines is 2. The van der Waals surface area contributed by atoms with Crippen molar-refractivity contribution < 1.29 is 20.2 Å². The zero-order chi connectivity index (χ0) is 35.8. The van der Waals surface area contributed by atoms with Gasteiger partial charge < -0.3 is 24.9 Å². The number of carbonyl (C=O) groups excluding carboxylic acids is 3. The first-order chi connectivity index (χ1) is 23.7. The van der Waals surface area contributed by atoms with E-state index in [9.17, 15) is 14.4 Å². The zero-order valence-electron chi connectivity index (χ0n) is 30.7. The van der Waals surface area contributed by atoms with Crippen LogP contribution in [0.4, 0.5) is 20.6 Å². The van der Waals surface area contributed by atoms with E-state index in [4.69, 9.17) is 0 Å². The summed E-state index contributed by atoms with van der Waals surface area (Å²) >= 11 is 1.50. The van der Waals surface area contributed by atoms with Gasteiger partial charge in [-0.25, -0.2) is 9.18 Å². The highest BCUT2D eigenvalue weighted by molar-refractivity contribution is 8.02. The number of fused-ring (bicyclic) bond motifs is 1. The predicted molar refractivity (Wildman–Crippen MR) is 202 cm³/mol. The van der Waals surface area contributed by atoms with Crippen LogP contribution in [-0.2, 0) is 16.0 Å². The smallest absolute Gasteiger partial charge is 0.322 e. The molecule has 0 bridgehead atoms. The van der Waals surface area contributed by atoms with Gasteiger partial charge >= 0.3 is 6.03 Å². The van der Waals surface area contributed by atoms with E-state index < -0.39 is 10.1 Å². The highest BCUT2D eigenvalue weighted by Crippen LogP contribution is 2.53. The number of para-hydroxylation sites is 2. The fourth-order valence-electron chi connectivity index (χ4n) is 7.89. The third kappa shape index (κ3) is 7.78. The maximum atomic E-state index is 15.8. The van der Waals surface area contributed by atoms with Crippen LogP contribution in [0, 0.1) is 11.2 Å². The summed E-state index contributed by atoms with van der Waals surface area (Å²) in [6, 6.07) is 13.6. The maximum absolute atomic E-state index is 15.8. The topological polar surface area (TPSA) is 79.4 Å². The first kappa shape index (κ1) is 36.5. The molecule has 4 amide bonds. The maximum Gasteiger partial charge on any atom is 0.322 e. The molecule has 2 aromatic carbocycles. The number of rotatable bonds is 8. The Kier molecular flexibility index (Phi) is 10.8. The van der Waals surface area contributed by atoms with Crippen LogP contribution in [0.1, 0.15) is 85.2 Å². The number of benzene rings is 2. The Morgan fingerprint density at radius 2 is 1.70 bits per heavy atom. The second-order valence-electron chi connectivity index (χ2n) is 16.1. The highest BCUT2D eigenvalue weighted by atomic mass is 32.2. The van der Waals surface area contributed by atoms with Crippen molar-refractivity contribution in [1.82, 2.24) is 19.6 Å². The van der Waals surface area contributed by atoms with E-state index in [1.54, 1.807) is 6.07 Å². The molecule has 0 saturated carbocycles. The van der Waals surface area contributed by atoms with E-state index in [1.165, 1.54) is 17.8 Å². The lowest BCUT2D eigenvalue weighted by Gasteiger charge is -2.40. The molecule has 0 aromatic heterocycles. The van der Waals surface area contributed by atoms with Crippen molar-refractivity contribution in [3.05, 3.63) is 59.4 Å². The molecule has 4 aliphatic heterocycles. The van der Waals surface area contributed by atoms with Crippen LogP contribution >= 0.6 is 11.8 Å². The Hall–Kier alpha value is -3.31. The van der Waals surface area contributed by atoms with Crippen molar-refractivity contribution in [2.45, 2.75) is 95.9 Å². The Bertz CT molecular complexity index is 1570. The average Bonchev–Trinajstić information content (AvgIpc) is 3.20. The van der Waals surface area contributed by atoms with Crippen LogP contribution in [-0.4, -0.2) is 107 Å². The minimum absolute atomic E-state index is 0. The summed E-state index contributed by atoms with van der Waals surface area (Å²) in [5, 5.41) is 2.68. The normalized spacial score (nSPS) is 24.1. The third-order valence-electron chi connectivity index (χ3n) is 11.0. The van der Waals surface area contributed by atoms with Gasteiger partial charge in [-0.1, -0.05) is 51.1 Å². The quantitative estimate of drug-likeness (QED) is 0.324. The Labute approximate surface area is 303 Å². The van der Waals surface area contributed by atoms with Gasteiger partial charge in [-0.2, -0.15) is 0 Å². The second-order valence-corrected chi connectivity index (χ2v) is 17.7. The van der Waals surface area contributed by atoms with E-state index in [2.05, 4.69) is 55.8 Å². The molecule has 50 heavy (non-hydrogen) atoms. The fraction of sp³-hybridized carbons (Fsp3) is 0.615. The lowest BCUT2D eigenvalue weighted by molar-refractivity contribution is -0.139. The Morgan fingerprint density at radius 1 is 1.00 bits per heavy atom. The third-order valence-corrected chi connectivity index (χ3v) is 12.6. The van der Waals surface area contributed by atoms with Gasteiger partial charge in [0.1, 0.15) is 15.9 Å². The molecule has 0 unspecified atom stereocenters. The number of halogens is 1. The molecule has 2 atom stereocenters. The first-order valence-electron chi connectivity index (χ1n) is 18.4. The van der Waals surface area contributed by atoms with Gasteiger partial charge in [0, 0.05) is 77.1 Å². The van der Waals surface area contributed by atoms with Gasteiger partial charge in [0.25, 0.3) is 0 Å². The molecule has 0 radical (unpaired) electrons. The van der Waals surface area contributed by atoms with Crippen LogP contribution in [0.15, 0.2) is 42.5 Å². The number of piperazine rings is 1. The molecule has 4 aliphatic rings. The van der Waals surface area contributed by atoms with E-state index in [-0.39, 0.29) is 43.0 Å². The van der Waals surface area contributed by atoms with Crippen molar-refractivity contribution in [3.8, 4) is 0 Å². The van der Waals surface area contributed by atoms with Crippen LogP contribution in [0.2, 0.25) is 0 Å². The largest absolute Gasteiger partial charge is 0.366 e. The Balaban J connectivity index is 0.00000504. The minimum Gasteiger partial charge on any atom is -0.366 e. The number of piperidine rings is 1. The molecule has 9 nitrogen and oxygen atoms in total. The monoisotopic (exact) mass is 708 g/mol. The molecule has 0 aliphatic carbocycles. The number of thioether (sulfide) groups is 1. The molecule has 4 heterocycles. The number of nitrogens with one attached hydrogen (secondary N) is 1. The standard InChI is InChI=1S/C39H55FN6O3S.H2/c1-27(2)42-22-24-44(25-23-42)34-30(11-9-12-31(34)40)35-46(21-17-38(3,4)5)36(48)39(6,50-35)26-33(47)43-18-15-29(16-19-43)45-20-14-28-10-7-8-13-32(28)41-37(45)49;/h7-13,27,29,35H,14-26H2,1-6H3,(H,41,49);1H/t35-,39+;/m1./s1. The molecule has 6 rings (SSSR count). The highest BCUT2D eigenvalue weighted by Gasteiger charge is 2.52. The lowest BCUT2D eigenvalue weighted by atomic mass is 9.91. The summed E-state index contributed by atoms with van der Waals surface area (Å²) in [6.07, 6.45) is 3.07. The summed E-state index contributed by atoms with van der Waals surface area (Å²) in [5.41, 5.74) is 3.40. The van der Waals surface area contributed by atoms with Crippen molar-refractivity contribution in [3.63, 3.8) is 0 Å². The SMILES string of the molecule is CC(C)N1CCN(c2c(F)cccc2[C@H]2S[C@@](C)(CC(=O)N3CCC(N4CCc5ccccc5NC4=O)CC3)C(=O)N2CCC(C)(C)C)CC1.[HH]. The van der Waals surface area contributed by atoms with Crippen LogP contribution < -0.4 is 10.2 Å².